The number of hydrogen-bond acceptors (Lipinski definition) is 5. The molecule has 3 heterocycles. The maximum Gasteiger partial charge on any atom is 0.311 e. The Labute approximate surface area is 194 Å². The van der Waals surface area contributed by atoms with Crippen molar-refractivity contribution in [2.75, 3.05) is 13.2 Å². The van der Waals surface area contributed by atoms with Crippen LogP contribution in [-0.2, 0) is 22.5 Å². The van der Waals surface area contributed by atoms with Crippen LogP contribution in [0.5, 0.6) is 5.75 Å². The highest BCUT2D eigenvalue weighted by atomic mass is 16.5. The summed E-state index contributed by atoms with van der Waals surface area (Å²) in [4.78, 5) is 22.4. The van der Waals surface area contributed by atoms with Crippen LogP contribution in [-0.4, -0.2) is 38.1 Å². The Morgan fingerprint density at radius 2 is 1.79 bits per heavy atom. The third kappa shape index (κ3) is 4.88. The SMILES string of the molecule is CCCCOCCCn1cc(OC(=O)CCC)c2c1nc(CCC)n1c3ccccc3nc21. The van der Waals surface area contributed by atoms with Crippen LogP contribution in [0.1, 0.15) is 65.1 Å². The molecule has 7 nitrogen and oxygen atoms in total. The summed E-state index contributed by atoms with van der Waals surface area (Å²) >= 11 is 0. The van der Waals surface area contributed by atoms with Crippen LogP contribution in [0, 0.1) is 0 Å². The van der Waals surface area contributed by atoms with E-state index in [1.54, 1.807) is 0 Å². The van der Waals surface area contributed by atoms with E-state index in [4.69, 9.17) is 19.4 Å². The van der Waals surface area contributed by atoms with Gasteiger partial charge >= 0.3 is 5.97 Å². The Balaban J connectivity index is 1.81. The standard InChI is InChI=1S/C26H34N4O3/c1-4-7-16-32-17-10-15-29-18-21(33-23(31)12-6-3)24-25(29)28-22(11-5-2)30-20-14-9-8-13-19(20)27-26(24)30/h8-9,13-14,18H,4-7,10-12,15-17H2,1-3H3. The van der Waals surface area contributed by atoms with Crippen molar-refractivity contribution in [3.05, 3.63) is 36.3 Å². The fraction of sp³-hybridized carbons (Fsp3) is 0.500. The predicted octanol–water partition coefficient (Wildman–Crippen LogP) is 5.70. The summed E-state index contributed by atoms with van der Waals surface area (Å²) < 4.78 is 15.8. The zero-order valence-corrected chi connectivity index (χ0v) is 20.0. The molecule has 0 bridgehead atoms. The molecular weight excluding hydrogens is 416 g/mol. The Bertz CT molecular complexity index is 1240. The number of imidazole rings is 1. The predicted molar refractivity (Wildman–Crippen MR) is 131 cm³/mol. The minimum Gasteiger partial charge on any atom is -0.424 e. The molecule has 0 saturated heterocycles. The van der Waals surface area contributed by atoms with Gasteiger partial charge < -0.3 is 14.0 Å². The summed E-state index contributed by atoms with van der Waals surface area (Å²) in [7, 11) is 0. The number of hydrogen-bond donors (Lipinski definition) is 0. The number of carbonyl (C=O) groups excluding carboxylic acids is 1. The van der Waals surface area contributed by atoms with Gasteiger partial charge in [-0.15, -0.1) is 0 Å². The average molecular weight is 451 g/mol. The largest absolute Gasteiger partial charge is 0.424 e. The van der Waals surface area contributed by atoms with E-state index >= 15 is 0 Å². The van der Waals surface area contributed by atoms with Crippen LogP contribution in [0.3, 0.4) is 0 Å². The fourth-order valence-corrected chi connectivity index (χ4v) is 4.18. The molecular formula is C26H34N4O3. The maximum absolute atomic E-state index is 12.4. The van der Waals surface area contributed by atoms with E-state index in [1.807, 2.05) is 31.3 Å². The Hall–Kier alpha value is -2.93. The van der Waals surface area contributed by atoms with Crippen molar-refractivity contribution < 1.29 is 14.3 Å². The zero-order chi connectivity index (χ0) is 23.2. The Morgan fingerprint density at radius 1 is 0.970 bits per heavy atom. The van der Waals surface area contributed by atoms with E-state index in [9.17, 15) is 4.79 Å². The molecule has 0 N–H and O–H groups in total. The van der Waals surface area contributed by atoms with E-state index in [1.165, 1.54) is 0 Å². The lowest BCUT2D eigenvalue weighted by molar-refractivity contribution is -0.134. The van der Waals surface area contributed by atoms with Crippen LogP contribution in [0.25, 0.3) is 27.7 Å². The second kappa shape index (κ2) is 10.8. The van der Waals surface area contributed by atoms with Crippen LogP contribution in [0.4, 0.5) is 0 Å². The van der Waals surface area contributed by atoms with Crippen LogP contribution in [0.2, 0.25) is 0 Å². The van der Waals surface area contributed by atoms with Gasteiger partial charge in [-0.25, -0.2) is 9.97 Å². The van der Waals surface area contributed by atoms with Gasteiger partial charge in [0, 0.05) is 38.8 Å². The summed E-state index contributed by atoms with van der Waals surface area (Å²) in [6.45, 7) is 8.52. The third-order valence-electron chi connectivity index (χ3n) is 5.77. The lowest BCUT2D eigenvalue weighted by Crippen LogP contribution is -2.07. The summed E-state index contributed by atoms with van der Waals surface area (Å²) in [5.41, 5.74) is 3.54. The van der Waals surface area contributed by atoms with Crippen LogP contribution < -0.4 is 4.74 Å². The van der Waals surface area contributed by atoms with E-state index in [0.29, 0.717) is 18.8 Å². The van der Waals surface area contributed by atoms with Crippen molar-refractivity contribution in [1.29, 1.82) is 0 Å². The van der Waals surface area contributed by atoms with Gasteiger partial charge in [0.05, 0.1) is 11.0 Å². The Kier molecular flexibility index (Phi) is 7.60. The molecule has 176 valence electrons. The van der Waals surface area contributed by atoms with Gasteiger partial charge in [-0.2, -0.15) is 0 Å². The van der Waals surface area contributed by atoms with Gasteiger partial charge in [0.2, 0.25) is 0 Å². The number of nitrogens with zero attached hydrogens (tertiary/aromatic N) is 4. The van der Waals surface area contributed by atoms with Gasteiger partial charge in [0.25, 0.3) is 0 Å². The van der Waals surface area contributed by atoms with Crippen molar-refractivity contribution in [3.8, 4) is 5.75 Å². The first-order chi connectivity index (χ1) is 16.2. The first-order valence-corrected chi connectivity index (χ1v) is 12.2. The molecule has 0 fully saturated rings. The number of aryl methyl sites for hydroxylation is 2. The molecule has 0 spiro atoms. The third-order valence-corrected chi connectivity index (χ3v) is 5.77. The number of unbranched alkanes of at least 4 members (excludes halogenated alkanes) is 1. The molecule has 0 amide bonds. The lowest BCUT2D eigenvalue weighted by Gasteiger charge is -2.09. The first-order valence-electron chi connectivity index (χ1n) is 12.2. The number of para-hydroxylation sites is 2. The van der Waals surface area contributed by atoms with E-state index in [0.717, 1.165) is 85.2 Å². The molecule has 0 aliphatic carbocycles. The quantitative estimate of drug-likeness (QED) is 0.204. The maximum atomic E-state index is 12.4. The number of fused-ring (bicyclic) bond motifs is 5. The molecule has 0 aliphatic rings. The molecule has 0 radical (unpaired) electrons. The van der Waals surface area contributed by atoms with Gasteiger partial charge in [0.15, 0.2) is 11.4 Å². The average Bonchev–Trinajstić information content (AvgIpc) is 3.35. The summed E-state index contributed by atoms with van der Waals surface area (Å²) in [6, 6.07) is 8.08. The minimum absolute atomic E-state index is 0.230. The highest BCUT2D eigenvalue weighted by Gasteiger charge is 2.22. The number of rotatable bonds is 12. The van der Waals surface area contributed by atoms with Crippen molar-refractivity contribution in [3.63, 3.8) is 0 Å². The van der Waals surface area contributed by atoms with Crippen molar-refractivity contribution >= 4 is 33.7 Å². The second-order valence-electron chi connectivity index (χ2n) is 8.47. The molecule has 3 aromatic heterocycles. The van der Waals surface area contributed by atoms with Gasteiger partial charge in [-0.3, -0.25) is 9.20 Å². The zero-order valence-electron chi connectivity index (χ0n) is 20.0. The molecule has 4 rings (SSSR count). The summed E-state index contributed by atoms with van der Waals surface area (Å²) in [5, 5.41) is 0.794. The van der Waals surface area contributed by atoms with E-state index in [2.05, 4.69) is 28.9 Å². The van der Waals surface area contributed by atoms with Crippen molar-refractivity contribution in [1.82, 2.24) is 18.9 Å². The number of benzene rings is 1. The fourth-order valence-electron chi connectivity index (χ4n) is 4.18. The first kappa shape index (κ1) is 23.2. The molecule has 0 aliphatic heterocycles. The van der Waals surface area contributed by atoms with Gasteiger partial charge in [-0.05, 0) is 37.8 Å². The monoisotopic (exact) mass is 450 g/mol. The van der Waals surface area contributed by atoms with Gasteiger partial charge in [-0.1, -0.05) is 39.3 Å². The molecule has 4 aromatic rings. The molecule has 0 unspecified atom stereocenters. The minimum atomic E-state index is -0.230. The van der Waals surface area contributed by atoms with Crippen LogP contribution in [0.15, 0.2) is 30.5 Å². The molecule has 7 heteroatoms. The second-order valence-corrected chi connectivity index (χ2v) is 8.47. The number of ether oxygens (including phenoxy) is 2. The van der Waals surface area contributed by atoms with Crippen molar-refractivity contribution in [2.24, 2.45) is 0 Å². The number of carbonyl (C=O) groups is 1. The Morgan fingerprint density at radius 3 is 2.58 bits per heavy atom. The molecule has 1 aromatic carbocycles. The van der Waals surface area contributed by atoms with E-state index in [-0.39, 0.29) is 5.97 Å². The smallest absolute Gasteiger partial charge is 0.311 e. The van der Waals surface area contributed by atoms with E-state index < -0.39 is 0 Å². The van der Waals surface area contributed by atoms with Crippen LogP contribution >= 0.6 is 0 Å². The normalized spacial score (nSPS) is 11.7. The lowest BCUT2D eigenvalue weighted by atomic mass is 10.2. The molecule has 33 heavy (non-hydrogen) atoms. The topological polar surface area (TPSA) is 70.7 Å². The highest BCUT2D eigenvalue weighted by molar-refractivity contribution is 6.00. The van der Waals surface area contributed by atoms with Gasteiger partial charge in [0.1, 0.15) is 16.9 Å². The van der Waals surface area contributed by atoms with Crippen molar-refractivity contribution in [2.45, 2.75) is 72.3 Å². The number of aromatic nitrogens is 4. The molecule has 0 saturated carbocycles. The number of esters is 1. The summed E-state index contributed by atoms with van der Waals surface area (Å²) in [6.07, 6.45) is 7.92. The summed E-state index contributed by atoms with van der Waals surface area (Å²) in [5.74, 6) is 1.27. The highest BCUT2D eigenvalue weighted by Crippen LogP contribution is 2.34. The molecule has 0 atom stereocenters.